The maximum absolute atomic E-state index is 12.0. The predicted octanol–water partition coefficient (Wildman–Crippen LogP) is 6.79. The molecule has 1 unspecified atom stereocenters. The Kier molecular flexibility index (Phi) is 8.79. The lowest BCUT2D eigenvalue weighted by Crippen LogP contribution is -2.17. The number of hydrogen-bond donors (Lipinski definition) is 3. The van der Waals surface area contributed by atoms with Gasteiger partial charge in [-0.3, -0.25) is 4.79 Å². The summed E-state index contributed by atoms with van der Waals surface area (Å²) in [6.07, 6.45) is 3.86. The van der Waals surface area contributed by atoms with Gasteiger partial charge in [0.25, 0.3) is 0 Å². The Morgan fingerprint density at radius 3 is 2.58 bits per heavy atom. The Balaban J connectivity index is 1.73. The zero-order valence-corrected chi connectivity index (χ0v) is 22.2. The van der Waals surface area contributed by atoms with Gasteiger partial charge in [-0.15, -0.1) is 0 Å². The van der Waals surface area contributed by atoms with E-state index < -0.39 is 5.97 Å². The molecule has 0 aliphatic carbocycles. The standard InChI is InChI=1S/C31H35N3O4/c1-4-7-11-20-18-21(22(5-2)30-33-27-15-10-13-25(31(36)37)29(27)34-30)16-17-23(20)24-12-8-9-14-26(24)32-19-28(35)38-6-3/h8-10,12-18,22,32H,4-7,11,19H2,1-3H3,(H,33,34)(H,36,37). The van der Waals surface area contributed by atoms with Crippen molar-refractivity contribution < 1.29 is 19.4 Å². The van der Waals surface area contributed by atoms with E-state index in [1.807, 2.05) is 24.3 Å². The van der Waals surface area contributed by atoms with Gasteiger partial charge in [-0.1, -0.05) is 62.7 Å². The zero-order valence-electron chi connectivity index (χ0n) is 22.2. The second-order valence-corrected chi connectivity index (χ2v) is 9.31. The first-order valence-electron chi connectivity index (χ1n) is 13.3. The number of nitrogens with one attached hydrogen (secondary N) is 2. The average Bonchev–Trinajstić information content (AvgIpc) is 3.35. The largest absolute Gasteiger partial charge is 0.478 e. The Bertz CT molecular complexity index is 1430. The summed E-state index contributed by atoms with van der Waals surface area (Å²) < 4.78 is 5.08. The number of rotatable bonds is 12. The monoisotopic (exact) mass is 513 g/mol. The number of aromatic carboxylic acids is 1. The summed E-state index contributed by atoms with van der Waals surface area (Å²) in [5, 5.41) is 12.8. The van der Waals surface area contributed by atoms with Crippen LogP contribution in [0.1, 0.15) is 73.3 Å². The van der Waals surface area contributed by atoms with Crippen LogP contribution in [0.4, 0.5) is 5.69 Å². The van der Waals surface area contributed by atoms with Crippen molar-refractivity contribution >= 4 is 28.7 Å². The quantitative estimate of drug-likeness (QED) is 0.180. The normalized spacial score (nSPS) is 11.9. The van der Waals surface area contributed by atoms with Crippen molar-refractivity contribution in [3.05, 3.63) is 83.2 Å². The van der Waals surface area contributed by atoms with Gasteiger partial charge in [0.05, 0.1) is 23.2 Å². The van der Waals surface area contributed by atoms with Crippen molar-refractivity contribution in [3.8, 4) is 11.1 Å². The summed E-state index contributed by atoms with van der Waals surface area (Å²) in [5.41, 5.74) is 6.85. The van der Waals surface area contributed by atoms with Gasteiger partial charge in [0, 0.05) is 17.2 Å². The van der Waals surface area contributed by atoms with Gasteiger partial charge in [0.2, 0.25) is 0 Å². The highest BCUT2D eigenvalue weighted by molar-refractivity contribution is 6.00. The molecule has 4 aromatic rings. The maximum Gasteiger partial charge on any atom is 0.337 e. The van der Waals surface area contributed by atoms with E-state index in [4.69, 9.17) is 9.72 Å². The van der Waals surface area contributed by atoms with Crippen LogP contribution >= 0.6 is 0 Å². The van der Waals surface area contributed by atoms with Gasteiger partial charge in [-0.05, 0) is 61.1 Å². The highest BCUT2D eigenvalue weighted by Gasteiger charge is 2.21. The van der Waals surface area contributed by atoms with Crippen molar-refractivity contribution in [3.63, 3.8) is 0 Å². The molecule has 1 aromatic heterocycles. The number of fused-ring (bicyclic) bond motifs is 1. The van der Waals surface area contributed by atoms with Crippen molar-refractivity contribution in [2.24, 2.45) is 0 Å². The van der Waals surface area contributed by atoms with Crippen LogP contribution in [-0.4, -0.2) is 40.2 Å². The van der Waals surface area contributed by atoms with Gasteiger partial charge in [-0.25, -0.2) is 9.78 Å². The van der Waals surface area contributed by atoms with Gasteiger partial charge in [0.15, 0.2) is 0 Å². The predicted molar refractivity (Wildman–Crippen MR) is 151 cm³/mol. The summed E-state index contributed by atoms with van der Waals surface area (Å²) >= 11 is 0. The van der Waals surface area contributed by atoms with Crippen LogP contribution in [0.5, 0.6) is 0 Å². The summed E-state index contributed by atoms with van der Waals surface area (Å²) in [6, 6.07) is 19.7. The van der Waals surface area contributed by atoms with Crippen LogP contribution in [0.25, 0.3) is 22.2 Å². The summed E-state index contributed by atoms with van der Waals surface area (Å²) in [7, 11) is 0. The van der Waals surface area contributed by atoms with Crippen LogP contribution in [0.3, 0.4) is 0 Å². The van der Waals surface area contributed by atoms with E-state index in [1.165, 1.54) is 5.56 Å². The smallest absolute Gasteiger partial charge is 0.337 e. The average molecular weight is 514 g/mol. The Morgan fingerprint density at radius 2 is 1.84 bits per heavy atom. The molecule has 198 valence electrons. The number of aromatic nitrogens is 2. The molecule has 0 fully saturated rings. The molecule has 0 radical (unpaired) electrons. The number of nitrogens with zero attached hydrogens (tertiary/aromatic N) is 1. The highest BCUT2D eigenvalue weighted by atomic mass is 16.5. The summed E-state index contributed by atoms with van der Waals surface area (Å²) in [4.78, 5) is 31.8. The van der Waals surface area contributed by atoms with Crippen LogP contribution in [-0.2, 0) is 16.0 Å². The molecule has 3 aromatic carbocycles. The third-order valence-electron chi connectivity index (χ3n) is 6.78. The minimum Gasteiger partial charge on any atom is -0.478 e. The fourth-order valence-corrected chi connectivity index (χ4v) is 4.90. The number of para-hydroxylation sites is 2. The Hall–Kier alpha value is -4.13. The summed E-state index contributed by atoms with van der Waals surface area (Å²) in [6.45, 7) is 6.56. The second-order valence-electron chi connectivity index (χ2n) is 9.31. The van der Waals surface area contributed by atoms with E-state index in [-0.39, 0.29) is 24.0 Å². The van der Waals surface area contributed by atoms with E-state index >= 15 is 0 Å². The molecule has 38 heavy (non-hydrogen) atoms. The van der Waals surface area contributed by atoms with Crippen molar-refractivity contribution in [1.82, 2.24) is 9.97 Å². The number of carbonyl (C=O) groups excluding carboxylic acids is 1. The first-order valence-corrected chi connectivity index (χ1v) is 13.3. The second kappa shape index (κ2) is 12.4. The van der Waals surface area contributed by atoms with E-state index in [2.05, 4.69) is 48.4 Å². The maximum atomic E-state index is 12.0. The molecular weight excluding hydrogens is 478 g/mol. The lowest BCUT2D eigenvalue weighted by atomic mass is 9.88. The zero-order chi connectivity index (χ0) is 27.1. The minimum absolute atomic E-state index is 0.00402. The van der Waals surface area contributed by atoms with Gasteiger partial charge >= 0.3 is 11.9 Å². The molecular formula is C31H35N3O4. The number of H-pyrrole nitrogens is 1. The number of ether oxygens (including phenoxy) is 1. The topological polar surface area (TPSA) is 104 Å². The highest BCUT2D eigenvalue weighted by Crippen LogP contribution is 2.36. The molecule has 7 nitrogen and oxygen atoms in total. The molecule has 0 amide bonds. The number of hydrogen-bond acceptors (Lipinski definition) is 5. The Labute approximate surface area is 223 Å². The fraction of sp³-hybridized carbons (Fsp3) is 0.323. The minimum atomic E-state index is -0.972. The molecule has 0 aliphatic heterocycles. The van der Waals surface area contributed by atoms with Gasteiger partial charge in [0.1, 0.15) is 12.4 Å². The third-order valence-corrected chi connectivity index (χ3v) is 6.78. The first-order chi connectivity index (χ1) is 18.5. The molecule has 0 bridgehead atoms. The number of esters is 1. The molecule has 1 atom stereocenters. The van der Waals surface area contributed by atoms with Crippen LogP contribution in [0, 0.1) is 0 Å². The number of aromatic amines is 1. The molecule has 3 N–H and O–H groups in total. The number of carboxylic acid groups (broad SMARTS) is 1. The molecule has 4 rings (SSSR count). The molecule has 0 aliphatic rings. The number of aryl methyl sites for hydroxylation is 1. The molecule has 1 heterocycles. The van der Waals surface area contributed by atoms with Gasteiger partial charge in [-0.2, -0.15) is 0 Å². The van der Waals surface area contributed by atoms with Crippen molar-refractivity contribution in [2.45, 2.75) is 52.4 Å². The van der Waals surface area contributed by atoms with Crippen molar-refractivity contribution in [2.75, 3.05) is 18.5 Å². The fourth-order valence-electron chi connectivity index (χ4n) is 4.90. The number of imidazole rings is 1. The SMILES string of the molecule is CCCCc1cc(C(CC)c2nc3cccc(C(=O)O)c3[nH]2)ccc1-c1ccccc1NCC(=O)OCC. The van der Waals surface area contributed by atoms with E-state index in [0.29, 0.717) is 17.6 Å². The van der Waals surface area contributed by atoms with E-state index in [9.17, 15) is 14.7 Å². The van der Waals surface area contributed by atoms with Crippen LogP contribution in [0.2, 0.25) is 0 Å². The number of carbonyl (C=O) groups is 2. The Morgan fingerprint density at radius 1 is 1.03 bits per heavy atom. The lowest BCUT2D eigenvalue weighted by molar-refractivity contribution is -0.140. The third kappa shape index (κ3) is 5.88. The molecule has 7 heteroatoms. The lowest BCUT2D eigenvalue weighted by Gasteiger charge is -2.19. The van der Waals surface area contributed by atoms with E-state index in [1.54, 1.807) is 19.1 Å². The van der Waals surface area contributed by atoms with Crippen LogP contribution < -0.4 is 5.32 Å². The van der Waals surface area contributed by atoms with Gasteiger partial charge < -0.3 is 20.1 Å². The first kappa shape index (κ1) is 26.9. The molecule has 0 spiro atoms. The molecule has 0 saturated carbocycles. The van der Waals surface area contributed by atoms with E-state index in [0.717, 1.165) is 53.9 Å². The number of benzene rings is 3. The number of carboxylic acids is 1. The summed E-state index contributed by atoms with van der Waals surface area (Å²) in [5.74, 6) is -0.496. The number of anilines is 1. The van der Waals surface area contributed by atoms with Crippen molar-refractivity contribution in [1.29, 1.82) is 0 Å². The van der Waals surface area contributed by atoms with Crippen LogP contribution in [0.15, 0.2) is 60.7 Å². The molecule has 0 saturated heterocycles. The number of unbranched alkanes of at least 4 members (excludes halogenated alkanes) is 1.